The van der Waals surface area contributed by atoms with E-state index >= 15 is 0 Å². The van der Waals surface area contributed by atoms with Crippen molar-refractivity contribution >= 4 is 11.2 Å². The van der Waals surface area contributed by atoms with Crippen LogP contribution in [0.5, 0.6) is 0 Å². The zero-order chi connectivity index (χ0) is 12.5. The Morgan fingerprint density at radius 2 is 2.12 bits per heavy atom. The standard InChI is InChI=1S/C14H21N3/c1-5-9-14(3,6-2)13-16-11-8-7-10-15-12(11)17(13)4/h7-8,10H,5-6,9H2,1-4H3. The summed E-state index contributed by atoms with van der Waals surface area (Å²) in [6.07, 6.45) is 5.29. The monoisotopic (exact) mass is 231 g/mol. The van der Waals surface area contributed by atoms with Gasteiger partial charge in [-0.05, 0) is 25.0 Å². The topological polar surface area (TPSA) is 30.7 Å². The van der Waals surface area contributed by atoms with Crippen molar-refractivity contribution in [1.29, 1.82) is 0 Å². The Morgan fingerprint density at radius 3 is 2.71 bits per heavy atom. The Hall–Kier alpha value is -1.38. The average molecular weight is 231 g/mol. The molecule has 2 aromatic rings. The van der Waals surface area contributed by atoms with Gasteiger partial charge >= 0.3 is 0 Å². The summed E-state index contributed by atoms with van der Waals surface area (Å²) in [5.41, 5.74) is 2.14. The Bertz CT molecular complexity index is 515. The van der Waals surface area contributed by atoms with Gasteiger partial charge in [-0.2, -0.15) is 0 Å². The normalized spacial score (nSPS) is 15.1. The van der Waals surface area contributed by atoms with Gasteiger partial charge < -0.3 is 4.57 Å². The van der Waals surface area contributed by atoms with Gasteiger partial charge in [0.25, 0.3) is 0 Å². The summed E-state index contributed by atoms with van der Waals surface area (Å²) in [6.45, 7) is 6.77. The molecule has 0 aliphatic carbocycles. The molecule has 3 heteroatoms. The highest BCUT2D eigenvalue weighted by molar-refractivity contribution is 5.71. The third-order valence-corrected chi connectivity index (χ3v) is 3.75. The van der Waals surface area contributed by atoms with E-state index in [2.05, 4.69) is 37.4 Å². The molecule has 0 aliphatic heterocycles. The number of fused-ring (bicyclic) bond motifs is 1. The predicted molar refractivity (Wildman–Crippen MR) is 71.1 cm³/mol. The van der Waals surface area contributed by atoms with Crippen LogP contribution in [0, 0.1) is 0 Å². The molecule has 1 unspecified atom stereocenters. The first-order valence-electron chi connectivity index (χ1n) is 6.40. The van der Waals surface area contributed by atoms with Crippen molar-refractivity contribution in [3.8, 4) is 0 Å². The molecule has 1 atom stereocenters. The Labute approximate surface area is 103 Å². The summed E-state index contributed by atoms with van der Waals surface area (Å²) in [6, 6.07) is 3.98. The Balaban J connectivity index is 2.58. The van der Waals surface area contributed by atoms with Crippen LogP contribution in [-0.2, 0) is 12.5 Å². The van der Waals surface area contributed by atoms with Gasteiger partial charge in [0.2, 0.25) is 0 Å². The maximum atomic E-state index is 4.77. The van der Waals surface area contributed by atoms with Crippen LogP contribution in [0.15, 0.2) is 18.3 Å². The summed E-state index contributed by atoms with van der Waals surface area (Å²) in [5, 5.41) is 0. The number of aryl methyl sites for hydroxylation is 1. The Morgan fingerprint density at radius 1 is 1.35 bits per heavy atom. The van der Waals surface area contributed by atoms with Gasteiger partial charge in [-0.3, -0.25) is 0 Å². The maximum absolute atomic E-state index is 4.77. The molecular formula is C14H21N3. The molecule has 0 radical (unpaired) electrons. The highest BCUT2D eigenvalue weighted by Gasteiger charge is 2.29. The first-order valence-corrected chi connectivity index (χ1v) is 6.40. The molecule has 0 saturated heterocycles. The van der Waals surface area contributed by atoms with Gasteiger partial charge in [0.05, 0.1) is 0 Å². The van der Waals surface area contributed by atoms with E-state index in [1.807, 2.05) is 18.3 Å². The minimum Gasteiger partial charge on any atom is -0.315 e. The smallest absolute Gasteiger partial charge is 0.159 e. The summed E-state index contributed by atoms with van der Waals surface area (Å²) >= 11 is 0. The fourth-order valence-corrected chi connectivity index (χ4v) is 2.56. The van der Waals surface area contributed by atoms with Crippen molar-refractivity contribution in [2.45, 2.75) is 45.4 Å². The van der Waals surface area contributed by atoms with Gasteiger partial charge in [0.1, 0.15) is 11.3 Å². The number of nitrogens with zero attached hydrogens (tertiary/aromatic N) is 3. The number of hydrogen-bond acceptors (Lipinski definition) is 2. The van der Waals surface area contributed by atoms with E-state index < -0.39 is 0 Å². The molecule has 0 aromatic carbocycles. The molecule has 2 heterocycles. The Kier molecular flexibility index (Phi) is 3.18. The molecular weight excluding hydrogens is 210 g/mol. The fraction of sp³-hybridized carbons (Fsp3) is 0.571. The molecule has 3 nitrogen and oxygen atoms in total. The highest BCUT2D eigenvalue weighted by atomic mass is 15.1. The van der Waals surface area contributed by atoms with Crippen molar-refractivity contribution in [1.82, 2.24) is 14.5 Å². The third-order valence-electron chi connectivity index (χ3n) is 3.75. The van der Waals surface area contributed by atoms with Crippen molar-refractivity contribution in [3.63, 3.8) is 0 Å². The second-order valence-corrected chi connectivity index (χ2v) is 5.00. The molecule has 2 aromatic heterocycles. The molecule has 0 bridgehead atoms. The van der Waals surface area contributed by atoms with E-state index in [9.17, 15) is 0 Å². The summed E-state index contributed by atoms with van der Waals surface area (Å²) in [4.78, 5) is 9.18. The minimum atomic E-state index is 0.157. The van der Waals surface area contributed by atoms with E-state index in [1.165, 1.54) is 12.8 Å². The molecule has 0 N–H and O–H groups in total. The molecule has 0 spiro atoms. The van der Waals surface area contributed by atoms with Crippen LogP contribution >= 0.6 is 0 Å². The predicted octanol–water partition coefficient (Wildman–Crippen LogP) is 3.44. The lowest BCUT2D eigenvalue weighted by Crippen LogP contribution is -2.25. The van der Waals surface area contributed by atoms with Crippen LogP contribution in [0.3, 0.4) is 0 Å². The number of rotatable bonds is 4. The molecule has 0 fully saturated rings. The SMILES string of the molecule is CCCC(C)(CC)c1nc2cccnc2n1C. The zero-order valence-corrected chi connectivity index (χ0v) is 11.2. The van der Waals surface area contributed by atoms with E-state index in [1.54, 1.807) is 0 Å². The van der Waals surface area contributed by atoms with Crippen molar-refractivity contribution in [3.05, 3.63) is 24.2 Å². The highest BCUT2D eigenvalue weighted by Crippen LogP contribution is 2.32. The lowest BCUT2D eigenvalue weighted by molar-refractivity contribution is 0.381. The minimum absolute atomic E-state index is 0.157. The van der Waals surface area contributed by atoms with E-state index in [0.29, 0.717) is 0 Å². The van der Waals surface area contributed by atoms with E-state index in [-0.39, 0.29) is 5.41 Å². The van der Waals surface area contributed by atoms with Crippen molar-refractivity contribution in [2.75, 3.05) is 0 Å². The van der Waals surface area contributed by atoms with Crippen LogP contribution in [0.1, 0.15) is 45.9 Å². The van der Waals surface area contributed by atoms with Crippen LogP contribution in [0.2, 0.25) is 0 Å². The van der Waals surface area contributed by atoms with Gasteiger partial charge in [0, 0.05) is 18.7 Å². The molecule has 17 heavy (non-hydrogen) atoms. The molecule has 0 aliphatic rings. The van der Waals surface area contributed by atoms with Gasteiger partial charge in [-0.1, -0.05) is 27.2 Å². The van der Waals surface area contributed by atoms with E-state index in [0.717, 1.165) is 23.4 Å². The maximum Gasteiger partial charge on any atom is 0.159 e. The largest absolute Gasteiger partial charge is 0.315 e. The van der Waals surface area contributed by atoms with Crippen molar-refractivity contribution in [2.24, 2.45) is 7.05 Å². The second kappa shape index (κ2) is 4.47. The van der Waals surface area contributed by atoms with Crippen molar-refractivity contribution < 1.29 is 0 Å². The summed E-state index contributed by atoms with van der Waals surface area (Å²) in [5.74, 6) is 1.16. The molecule has 92 valence electrons. The average Bonchev–Trinajstić information content (AvgIpc) is 2.68. The summed E-state index contributed by atoms with van der Waals surface area (Å²) < 4.78 is 2.15. The van der Waals surface area contributed by atoms with Crippen LogP contribution in [0.4, 0.5) is 0 Å². The zero-order valence-electron chi connectivity index (χ0n) is 11.2. The van der Waals surface area contributed by atoms with Crippen LogP contribution < -0.4 is 0 Å². The molecule has 0 saturated carbocycles. The first kappa shape index (κ1) is 12.1. The number of aromatic nitrogens is 3. The van der Waals surface area contributed by atoms with E-state index in [4.69, 9.17) is 4.98 Å². The number of pyridine rings is 1. The van der Waals surface area contributed by atoms with Gasteiger partial charge in [-0.15, -0.1) is 0 Å². The quantitative estimate of drug-likeness (QED) is 0.807. The van der Waals surface area contributed by atoms with Crippen LogP contribution in [-0.4, -0.2) is 14.5 Å². The van der Waals surface area contributed by atoms with Crippen LogP contribution in [0.25, 0.3) is 11.2 Å². The summed E-state index contributed by atoms with van der Waals surface area (Å²) in [7, 11) is 2.07. The number of hydrogen-bond donors (Lipinski definition) is 0. The fourth-order valence-electron chi connectivity index (χ4n) is 2.56. The third kappa shape index (κ3) is 1.94. The number of imidazole rings is 1. The molecule has 0 amide bonds. The lowest BCUT2D eigenvalue weighted by atomic mass is 9.82. The second-order valence-electron chi connectivity index (χ2n) is 5.00. The lowest BCUT2D eigenvalue weighted by Gasteiger charge is -2.27. The van der Waals surface area contributed by atoms with Gasteiger partial charge in [0.15, 0.2) is 5.65 Å². The van der Waals surface area contributed by atoms with Gasteiger partial charge in [-0.25, -0.2) is 9.97 Å². The molecule has 2 rings (SSSR count). The first-order chi connectivity index (χ1) is 8.12.